The number of likely N-dealkylation sites (tertiary alicyclic amines) is 1. The Morgan fingerprint density at radius 2 is 1.88 bits per heavy atom. The number of anilines is 1. The summed E-state index contributed by atoms with van der Waals surface area (Å²) in [5.41, 5.74) is 1.86. The number of ether oxygens (including phenoxy) is 1. The van der Waals surface area contributed by atoms with E-state index in [0.29, 0.717) is 24.7 Å². The van der Waals surface area contributed by atoms with E-state index in [2.05, 4.69) is 4.74 Å². The molecule has 1 aromatic rings. The predicted molar refractivity (Wildman–Crippen MR) is 98.2 cm³/mol. The van der Waals surface area contributed by atoms with Gasteiger partial charge >= 0.3 is 5.97 Å². The molecule has 0 aromatic heterocycles. The number of amides is 2. The van der Waals surface area contributed by atoms with E-state index >= 15 is 0 Å². The summed E-state index contributed by atoms with van der Waals surface area (Å²) in [6.45, 7) is 3.42. The van der Waals surface area contributed by atoms with E-state index in [1.54, 1.807) is 22.8 Å². The second kappa shape index (κ2) is 7.27. The van der Waals surface area contributed by atoms with E-state index in [4.69, 9.17) is 11.6 Å². The van der Waals surface area contributed by atoms with Gasteiger partial charge in [0.05, 0.1) is 13.5 Å². The largest absolute Gasteiger partial charge is 0.469 e. The van der Waals surface area contributed by atoms with Crippen molar-refractivity contribution in [3.8, 4) is 0 Å². The fourth-order valence-electron chi connectivity index (χ4n) is 4.00. The van der Waals surface area contributed by atoms with Gasteiger partial charge in [-0.2, -0.15) is 0 Å². The highest BCUT2D eigenvalue weighted by atomic mass is 35.5. The summed E-state index contributed by atoms with van der Waals surface area (Å²) >= 11 is 6.21. The van der Waals surface area contributed by atoms with Crippen LogP contribution in [0.5, 0.6) is 0 Å². The third kappa shape index (κ3) is 3.43. The van der Waals surface area contributed by atoms with E-state index in [-0.39, 0.29) is 36.0 Å². The van der Waals surface area contributed by atoms with Crippen LogP contribution in [-0.4, -0.2) is 49.4 Å². The predicted octanol–water partition coefficient (Wildman–Crippen LogP) is 2.52. The molecule has 6 nitrogen and oxygen atoms in total. The third-order valence-corrected chi connectivity index (χ3v) is 5.74. The minimum Gasteiger partial charge on any atom is -0.469 e. The number of carbonyl (C=O) groups excluding carboxylic acids is 3. The van der Waals surface area contributed by atoms with Crippen molar-refractivity contribution in [2.24, 2.45) is 0 Å². The van der Waals surface area contributed by atoms with Crippen LogP contribution in [0.25, 0.3) is 0 Å². The van der Waals surface area contributed by atoms with Gasteiger partial charge in [0.2, 0.25) is 11.8 Å². The molecule has 0 saturated carbocycles. The molecule has 26 heavy (non-hydrogen) atoms. The number of carbonyl (C=O) groups is 3. The lowest BCUT2D eigenvalue weighted by molar-refractivity contribution is -0.144. The zero-order valence-corrected chi connectivity index (χ0v) is 15.8. The molecule has 1 fully saturated rings. The fourth-order valence-corrected chi connectivity index (χ4v) is 4.18. The van der Waals surface area contributed by atoms with E-state index < -0.39 is 0 Å². The molecule has 1 spiro atoms. The summed E-state index contributed by atoms with van der Waals surface area (Å²) in [6, 6.07) is 5.66. The highest BCUT2D eigenvalue weighted by Crippen LogP contribution is 2.47. The standard InChI is InChI=1S/C19H23ClN2O4/c1-13(23)22-12-19(15-11-14(20)3-4-16(15)22)7-9-21(10-8-19)17(24)5-6-18(25)26-2/h3-4,11H,5-10,12H2,1-2H3. The lowest BCUT2D eigenvalue weighted by atomic mass is 9.74. The summed E-state index contributed by atoms with van der Waals surface area (Å²) in [5, 5.41) is 0.658. The Hall–Kier alpha value is -2.08. The van der Waals surface area contributed by atoms with Crippen LogP contribution in [0, 0.1) is 0 Å². The zero-order valence-electron chi connectivity index (χ0n) is 15.1. The van der Waals surface area contributed by atoms with Crippen molar-refractivity contribution in [3.63, 3.8) is 0 Å². The Morgan fingerprint density at radius 3 is 2.50 bits per heavy atom. The molecule has 2 aliphatic heterocycles. The molecule has 0 radical (unpaired) electrons. The number of benzene rings is 1. The molecule has 2 amide bonds. The molecular formula is C19H23ClN2O4. The second-order valence-corrected chi connectivity index (χ2v) is 7.44. The topological polar surface area (TPSA) is 66.9 Å². The average molecular weight is 379 g/mol. The van der Waals surface area contributed by atoms with Crippen LogP contribution in [0.2, 0.25) is 5.02 Å². The molecule has 0 aliphatic carbocycles. The van der Waals surface area contributed by atoms with E-state index in [1.165, 1.54) is 7.11 Å². The summed E-state index contributed by atoms with van der Waals surface area (Å²) in [5.74, 6) is -0.386. The van der Waals surface area contributed by atoms with Crippen LogP contribution in [0.3, 0.4) is 0 Å². The van der Waals surface area contributed by atoms with Gasteiger partial charge in [0.25, 0.3) is 0 Å². The first-order valence-corrected chi connectivity index (χ1v) is 9.17. The lowest BCUT2D eigenvalue weighted by Gasteiger charge is -2.40. The molecule has 7 heteroatoms. The first kappa shape index (κ1) is 18.7. The number of rotatable bonds is 3. The van der Waals surface area contributed by atoms with Gasteiger partial charge in [-0.3, -0.25) is 14.4 Å². The molecule has 3 rings (SSSR count). The van der Waals surface area contributed by atoms with Crippen LogP contribution in [0.4, 0.5) is 5.69 Å². The number of nitrogens with zero attached hydrogens (tertiary/aromatic N) is 2. The van der Waals surface area contributed by atoms with Crippen LogP contribution >= 0.6 is 11.6 Å². The molecule has 1 saturated heterocycles. The molecule has 0 unspecified atom stereocenters. The average Bonchev–Trinajstić information content (AvgIpc) is 2.94. The van der Waals surface area contributed by atoms with Crippen molar-refractivity contribution >= 4 is 35.1 Å². The minimum atomic E-state index is -0.372. The van der Waals surface area contributed by atoms with Crippen molar-refractivity contribution in [1.82, 2.24) is 4.90 Å². The normalized spacial score (nSPS) is 18.0. The molecule has 140 valence electrons. The van der Waals surface area contributed by atoms with Crippen LogP contribution < -0.4 is 4.90 Å². The lowest BCUT2D eigenvalue weighted by Crippen LogP contribution is -2.47. The number of halogens is 1. The van der Waals surface area contributed by atoms with Crippen molar-refractivity contribution < 1.29 is 19.1 Å². The van der Waals surface area contributed by atoms with E-state index in [9.17, 15) is 14.4 Å². The molecule has 2 heterocycles. The number of piperidine rings is 1. The second-order valence-electron chi connectivity index (χ2n) is 7.00. The molecule has 2 aliphatic rings. The van der Waals surface area contributed by atoms with Gasteiger partial charge in [0.1, 0.15) is 0 Å². The summed E-state index contributed by atoms with van der Waals surface area (Å²) < 4.78 is 4.59. The van der Waals surface area contributed by atoms with Gasteiger partial charge in [0.15, 0.2) is 0 Å². The Kier molecular flexibility index (Phi) is 5.23. The molecule has 1 aromatic carbocycles. The van der Waals surface area contributed by atoms with Crippen molar-refractivity contribution in [2.45, 2.75) is 38.0 Å². The van der Waals surface area contributed by atoms with Crippen LogP contribution in [-0.2, 0) is 24.5 Å². The summed E-state index contributed by atoms with van der Waals surface area (Å²) in [6.07, 6.45) is 1.82. The highest BCUT2D eigenvalue weighted by molar-refractivity contribution is 6.30. The van der Waals surface area contributed by atoms with Crippen LogP contribution in [0.15, 0.2) is 18.2 Å². The smallest absolute Gasteiger partial charge is 0.306 e. The monoisotopic (exact) mass is 378 g/mol. The number of esters is 1. The first-order valence-electron chi connectivity index (χ1n) is 8.79. The number of methoxy groups -OCH3 is 1. The van der Waals surface area contributed by atoms with Crippen molar-refractivity contribution in [1.29, 1.82) is 0 Å². The zero-order chi connectivity index (χ0) is 18.9. The number of fused-ring (bicyclic) bond motifs is 2. The van der Waals surface area contributed by atoms with Gasteiger partial charge in [-0.1, -0.05) is 11.6 Å². The number of hydrogen-bond acceptors (Lipinski definition) is 4. The van der Waals surface area contributed by atoms with E-state index in [1.807, 2.05) is 12.1 Å². The molecule has 0 N–H and O–H groups in total. The Morgan fingerprint density at radius 1 is 1.19 bits per heavy atom. The maximum Gasteiger partial charge on any atom is 0.306 e. The van der Waals surface area contributed by atoms with Gasteiger partial charge < -0.3 is 14.5 Å². The first-order chi connectivity index (χ1) is 12.4. The minimum absolute atomic E-state index is 0.0158. The Labute approximate surface area is 158 Å². The Balaban J connectivity index is 1.72. The van der Waals surface area contributed by atoms with Crippen molar-refractivity contribution in [3.05, 3.63) is 28.8 Å². The number of hydrogen-bond donors (Lipinski definition) is 0. The Bertz CT molecular complexity index is 741. The van der Waals surface area contributed by atoms with Crippen LogP contribution in [0.1, 0.15) is 38.2 Å². The van der Waals surface area contributed by atoms with Gasteiger partial charge in [-0.15, -0.1) is 0 Å². The van der Waals surface area contributed by atoms with Gasteiger partial charge in [-0.25, -0.2) is 0 Å². The van der Waals surface area contributed by atoms with E-state index in [0.717, 1.165) is 24.1 Å². The SMILES string of the molecule is COC(=O)CCC(=O)N1CCC2(CC1)CN(C(C)=O)c1ccc(Cl)cc12. The maximum atomic E-state index is 12.3. The van der Waals surface area contributed by atoms with Crippen molar-refractivity contribution in [2.75, 3.05) is 31.6 Å². The molecular weight excluding hydrogens is 356 g/mol. The third-order valence-electron chi connectivity index (χ3n) is 5.51. The fraction of sp³-hybridized carbons (Fsp3) is 0.526. The highest BCUT2D eigenvalue weighted by Gasteiger charge is 2.46. The molecule has 0 atom stereocenters. The quantitative estimate of drug-likeness (QED) is 0.758. The summed E-state index contributed by atoms with van der Waals surface area (Å²) in [7, 11) is 1.32. The van der Waals surface area contributed by atoms with Gasteiger partial charge in [-0.05, 0) is 36.6 Å². The van der Waals surface area contributed by atoms with Gasteiger partial charge in [0, 0.05) is 49.1 Å². The maximum absolute atomic E-state index is 12.3. The summed E-state index contributed by atoms with van der Waals surface area (Å²) in [4.78, 5) is 39.2. The molecule has 0 bridgehead atoms.